The van der Waals surface area contributed by atoms with Gasteiger partial charge in [-0.3, -0.25) is 0 Å². The molecule has 0 bridgehead atoms. The van der Waals surface area contributed by atoms with E-state index in [4.69, 9.17) is 5.73 Å². The number of rotatable bonds is 2. The van der Waals surface area contributed by atoms with Crippen molar-refractivity contribution in [1.82, 2.24) is 4.90 Å². The number of likely N-dealkylation sites (tertiary alicyclic amines) is 1. The quantitative estimate of drug-likeness (QED) is 0.735. The first-order valence-electron chi connectivity index (χ1n) is 6.22. The van der Waals surface area contributed by atoms with Gasteiger partial charge >= 0.3 is 6.03 Å². The molecule has 1 saturated heterocycles. The monoisotopic (exact) mass is 249 g/mol. The summed E-state index contributed by atoms with van der Waals surface area (Å²) in [6, 6.07) is 7.40. The zero-order chi connectivity index (χ0) is 13.0. The zero-order valence-corrected chi connectivity index (χ0v) is 10.3. The van der Waals surface area contributed by atoms with Crippen molar-refractivity contribution in [2.24, 2.45) is 5.73 Å². The highest BCUT2D eigenvalue weighted by Gasteiger charge is 2.21. The third kappa shape index (κ3) is 3.21. The first-order valence-corrected chi connectivity index (χ1v) is 6.22. The van der Waals surface area contributed by atoms with Crippen LogP contribution < -0.4 is 11.1 Å². The van der Waals surface area contributed by atoms with Crippen LogP contribution in [0.2, 0.25) is 0 Å². The third-order valence-electron chi connectivity index (χ3n) is 3.17. The minimum Gasteiger partial charge on any atom is -0.393 e. The fraction of sp³-hybridized carbons (Fsp3) is 0.462. The van der Waals surface area contributed by atoms with E-state index in [0.717, 1.165) is 11.3 Å². The van der Waals surface area contributed by atoms with Crippen LogP contribution in [-0.2, 0) is 6.54 Å². The molecule has 1 heterocycles. The number of anilines is 1. The number of amides is 2. The molecule has 1 aromatic carbocycles. The fourth-order valence-corrected chi connectivity index (χ4v) is 2.05. The summed E-state index contributed by atoms with van der Waals surface area (Å²) in [5.74, 6) is 0. The van der Waals surface area contributed by atoms with Crippen molar-refractivity contribution in [3.05, 3.63) is 29.8 Å². The highest BCUT2D eigenvalue weighted by atomic mass is 16.3. The van der Waals surface area contributed by atoms with Crippen LogP contribution in [-0.4, -0.2) is 35.2 Å². The Labute approximate surface area is 107 Å². The average Bonchev–Trinajstić information content (AvgIpc) is 2.39. The van der Waals surface area contributed by atoms with Gasteiger partial charge in [-0.25, -0.2) is 4.79 Å². The zero-order valence-electron chi connectivity index (χ0n) is 10.3. The molecule has 0 spiro atoms. The van der Waals surface area contributed by atoms with Crippen LogP contribution in [0.5, 0.6) is 0 Å². The molecule has 1 fully saturated rings. The number of hydrogen-bond donors (Lipinski definition) is 3. The lowest BCUT2D eigenvalue weighted by Gasteiger charge is -2.29. The summed E-state index contributed by atoms with van der Waals surface area (Å²) in [7, 11) is 0. The second-order valence-electron chi connectivity index (χ2n) is 4.55. The number of urea groups is 1. The Morgan fingerprint density at radius 3 is 2.83 bits per heavy atom. The largest absolute Gasteiger partial charge is 0.393 e. The number of carbonyl (C=O) groups is 1. The van der Waals surface area contributed by atoms with Crippen molar-refractivity contribution >= 4 is 11.7 Å². The predicted molar refractivity (Wildman–Crippen MR) is 70.2 cm³/mol. The van der Waals surface area contributed by atoms with Crippen molar-refractivity contribution in [2.75, 3.05) is 18.4 Å². The molecule has 2 amide bonds. The maximum atomic E-state index is 12.0. The molecule has 18 heavy (non-hydrogen) atoms. The summed E-state index contributed by atoms with van der Waals surface area (Å²) in [5, 5.41) is 12.2. The summed E-state index contributed by atoms with van der Waals surface area (Å²) >= 11 is 0. The summed E-state index contributed by atoms with van der Waals surface area (Å²) in [5.41, 5.74) is 7.30. The van der Waals surface area contributed by atoms with Crippen molar-refractivity contribution < 1.29 is 9.90 Å². The maximum Gasteiger partial charge on any atom is 0.321 e. The van der Waals surface area contributed by atoms with E-state index in [-0.39, 0.29) is 12.1 Å². The summed E-state index contributed by atoms with van der Waals surface area (Å²) in [4.78, 5) is 13.7. The normalized spacial score (nSPS) is 16.7. The minimum absolute atomic E-state index is 0.115. The molecule has 2 rings (SSSR count). The molecule has 0 unspecified atom stereocenters. The number of aliphatic hydroxyl groups is 1. The van der Waals surface area contributed by atoms with Gasteiger partial charge in [0, 0.05) is 25.3 Å². The Bertz CT molecular complexity index is 414. The molecule has 0 atom stereocenters. The van der Waals surface area contributed by atoms with Crippen molar-refractivity contribution in [2.45, 2.75) is 25.5 Å². The number of piperidine rings is 1. The smallest absolute Gasteiger partial charge is 0.321 e. The van der Waals surface area contributed by atoms with E-state index in [1.54, 1.807) is 4.90 Å². The van der Waals surface area contributed by atoms with Crippen LogP contribution in [0, 0.1) is 0 Å². The SMILES string of the molecule is NCc1cccc(NC(=O)N2CCC(O)CC2)c1. The Balaban J connectivity index is 1.94. The van der Waals surface area contributed by atoms with Crippen LogP contribution in [0.1, 0.15) is 18.4 Å². The molecule has 5 heteroatoms. The lowest BCUT2D eigenvalue weighted by molar-refractivity contribution is 0.0972. The van der Waals surface area contributed by atoms with E-state index < -0.39 is 0 Å². The van der Waals surface area contributed by atoms with E-state index >= 15 is 0 Å². The number of carbonyl (C=O) groups excluding carboxylic acids is 1. The molecule has 5 nitrogen and oxygen atoms in total. The van der Waals surface area contributed by atoms with Crippen LogP contribution in [0.15, 0.2) is 24.3 Å². The molecule has 1 aromatic rings. The predicted octanol–water partition coefficient (Wildman–Crippen LogP) is 1.13. The van der Waals surface area contributed by atoms with E-state index in [0.29, 0.717) is 32.5 Å². The first kappa shape index (κ1) is 12.9. The van der Waals surface area contributed by atoms with Crippen molar-refractivity contribution in [1.29, 1.82) is 0 Å². The molecule has 0 radical (unpaired) electrons. The van der Waals surface area contributed by atoms with Crippen LogP contribution in [0.4, 0.5) is 10.5 Å². The standard InChI is InChI=1S/C13H19N3O2/c14-9-10-2-1-3-11(8-10)15-13(18)16-6-4-12(17)5-7-16/h1-3,8,12,17H,4-7,9,14H2,(H,15,18). The minimum atomic E-state index is -0.269. The van der Waals surface area contributed by atoms with Crippen molar-refractivity contribution in [3.63, 3.8) is 0 Å². The average molecular weight is 249 g/mol. The van der Waals surface area contributed by atoms with Gasteiger partial charge in [0.05, 0.1) is 6.10 Å². The molecule has 4 N–H and O–H groups in total. The number of aliphatic hydroxyl groups excluding tert-OH is 1. The molecule has 1 aliphatic heterocycles. The Morgan fingerprint density at radius 1 is 1.44 bits per heavy atom. The van der Waals surface area contributed by atoms with Gasteiger partial charge in [-0.15, -0.1) is 0 Å². The van der Waals surface area contributed by atoms with E-state index in [2.05, 4.69) is 5.32 Å². The summed E-state index contributed by atoms with van der Waals surface area (Å²) < 4.78 is 0. The Kier molecular flexibility index (Phi) is 4.17. The summed E-state index contributed by atoms with van der Waals surface area (Å²) in [6.07, 6.45) is 1.03. The Morgan fingerprint density at radius 2 is 2.17 bits per heavy atom. The van der Waals surface area contributed by atoms with Crippen LogP contribution in [0.3, 0.4) is 0 Å². The maximum absolute atomic E-state index is 12.0. The van der Waals surface area contributed by atoms with E-state index in [9.17, 15) is 9.90 Å². The van der Waals surface area contributed by atoms with Gasteiger partial charge in [0.2, 0.25) is 0 Å². The van der Waals surface area contributed by atoms with Crippen LogP contribution in [0.25, 0.3) is 0 Å². The van der Waals surface area contributed by atoms with Gasteiger partial charge in [0.15, 0.2) is 0 Å². The molecule has 0 aliphatic carbocycles. The lowest BCUT2D eigenvalue weighted by Crippen LogP contribution is -2.42. The topological polar surface area (TPSA) is 78.6 Å². The lowest BCUT2D eigenvalue weighted by atomic mass is 10.1. The second kappa shape index (κ2) is 5.84. The number of benzene rings is 1. The van der Waals surface area contributed by atoms with Gasteiger partial charge in [-0.05, 0) is 30.5 Å². The molecule has 1 aliphatic rings. The molecule has 0 saturated carbocycles. The van der Waals surface area contributed by atoms with E-state index in [1.807, 2.05) is 24.3 Å². The van der Waals surface area contributed by atoms with E-state index in [1.165, 1.54) is 0 Å². The molecule has 98 valence electrons. The van der Waals surface area contributed by atoms with Gasteiger partial charge in [-0.1, -0.05) is 12.1 Å². The van der Waals surface area contributed by atoms with Gasteiger partial charge in [0.1, 0.15) is 0 Å². The third-order valence-corrected chi connectivity index (χ3v) is 3.17. The fourth-order valence-electron chi connectivity index (χ4n) is 2.05. The number of hydrogen-bond acceptors (Lipinski definition) is 3. The molecular formula is C13H19N3O2. The number of nitrogens with two attached hydrogens (primary N) is 1. The van der Waals surface area contributed by atoms with Gasteiger partial charge in [-0.2, -0.15) is 0 Å². The second-order valence-corrected chi connectivity index (χ2v) is 4.55. The summed E-state index contributed by atoms with van der Waals surface area (Å²) in [6.45, 7) is 1.66. The highest BCUT2D eigenvalue weighted by molar-refractivity contribution is 5.89. The van der Waals surface area contributed by atoms with Crippen LogP contribution >= 0.6 is 0 Å². The number of nitrogens with zero attached hydrogens (tertiary/aromatic N) is 1. The van der Waals surface area contributed by atoms with Crippen molar-refractivity contribution in [3.8, 4) is 0 Å². The Hall–Kier alpha value is -1.59. The number of nitrogens with one attached hydrogen (secondary N) is 1. The van der Waals surface area contributed by atoms with Gasteiger partial charge in [0.25, 0.3) is 0 Å². The highest BCUT2D eigenvalue weighted by Crippen LogP contribution is 2.14. The van der Waals surface area contributed by atoms with Gasteiger partial charge < -0.3 is 21.1 Å². The molecular weight excluding hydrogens is 230 g/mol. The first-order chi connectivity index (χ1) is 8.69. The molecule has 0 aromatic heterocycles.